The van der Waals surface area contributed by atoms with Crippen molar-refractivity contribution in [3.8, 4) is 17.1 Å². The van der Waals surface area contributed by atoms with E-state index in [9.17, 15) is 0 Å². The number of hydrogen-bond donors (Lipinski definition) is 2. The molecule has 0 aliphatic carbocycles. The number of halogens is 1. The number of aliphatic hydroxyl groups excluding tert-OH is 1. The Morgan fingerprint density at radius 2 is 2.33 bits per heavy atom. The first-order valence-corrected chi connectivity index (χ1v) is 5.99. The van der Waals surface area contributed by atoms with Crippen LogP contribution in [0, 0.1) is 0 Å². The van der Waals surface area contributed by atoms with Crippen molar-refractivity contribution < 1.29 is 14.4 Å². The third-order valence-electron chi connectivity index (χ3n) is 2.37. The van der Waals surface area contributed by atoms with E-state index in [1.807, 2.05) is 12.1 Å². The number of hydrogen-bond acceptors (Lipinski definition) is 6. The molecule has 0 bridgehead atoms. The normalized spacial score (nSPS) is 12.4. The van der Waals surface area contributed by atoms with Crippen LogP contribution in [-0.4, -0.2) is 29.0 Å². The lowest BCUT2D eigenvalue weighted by Gasteiger charge is -2.03. The van der Waals surface area contributed by atoms with Crippen LogP contribution in [0.15, 0.2) is 27.2 Å². The predicted molar refractivity (Wildman–Crippen MR) is 68.0 cm³/mol. The van der Waals surface area contributed by atoms with E-state index in [4.69, 9.17) is 20.1 Å². The van der Waals surface area contributed by atoms with Crippen LogP contribution in [0.5, 0.6) is 5.75 Å². The Labute approximate surface area is 112 Å². The molecular formula is C11H12BrN3O3. The Morgan fingerprint density at radius 1 is 1.56 bits per heavy atom. The zero-order valence-electron chi connectivity index (χ0n) is 9.63. The van der Waals surface area contributed by atoms with Gasteiger partial charge >= 0.3 is 0 Å². The largest absolute Gasteiger partial charge is 0.496 e. The Hall–Kier alpha value is -1.44. The topological polar surface area (TPSA) is 94.4 Å². The summed E-state index contributed by atoms with van der Waals surface area (Å²) in [7, 11) is 1.59. The van der Waals surface area contributed by atoms with Crippen LogP contribution in [0.1, 0.15) is 11.9 Å². The summed E-state index contributed by atoms with van der Waals surface area (Å²) < 4.78 is 10.9. The van der Waals surface area contributed by atoms with Crippen molar-refractivity contribution in [2.24, 2.45) is 5.73 Å². The molecule has 7 heteroatoms. The molecule has 1 aromatic heterocycles. The number of methoxy groups -OCH3 is 1. The molecule has 96 valence electrons. The minimum Gasteiger partial charge on any atom is -0.496 e. The van der Waals surface area contributed by atoms with Gasteiger partial charge in [-0.1, -0.05) is 5.16 Å². The number of nitrogens with zero attached hydrogens (tertiary/aromatic N) is 2. The van der Waals surface area contributed by atoms with Crippen molar-refractivity contribution in [1.29, 1.82) is 0 Å². The van der Waals surface area contributed by atoms with E-state index in [1.54, 1.807) is 13.2 Å². The summed E-state index contributed by atoms with van der Waals surface area (Å²) in [6.07, 6.45) is 0. The van der Waals surface area contributed by atoms with Crippen LogP contribution in [-0.2, 0) is 0 Å². The predicted octanol–water partition coefficient (Wildman–Crippen LogP) is 1.50. The van der Waals surface area contributed by atoms with Gasteiger partial charge in [-0.05, 0) is 34.1 Å². The highest BCUT2D eigenvalue weighted by molar-refractivity contribution is 9.10. The monoisotopic (exact) mass is 313 g/mol. The van der Waals surface area contributed by atoms with Crippen LogP contribution in [0.2, 0.25) is 0 Å². The molecule has 6 nitrogen and oxygen atoms in total. The summed E-state index contributed by atoms with van der Waals surface area (Å²) in [5.41, 5.74) is 6.35. The zero-order chi connectivity index (χ0) is 13.1. The molecule has 1 atom stereocenters. The summed E-state index contributed by atoms with van der Waals surface area (Å²) in [6, 6.07) is 4.76. The average molecular weight is 314 g/mol. The van der Waals surface area contributed by atoms with Gasteiger partial charge in [0.1, 0.15) is 11.8 Å². The lowest BCUT2D eigenvalue weighted by Crippen LogP contribution is -2.14. The van der Waals surface area contributed by atoms with Crippen molar-refractivity contribution in [3.05, 3.63) is 28.6 Å². The van der Waals surface area contributed by atoms with Crippen molar-refractivity contribution >= 4 is 15.9 Å². The first-order valence-electron chi connectivity index (χ1n) is 5.19. The van der Waals surface area contributed by atoms with Gasteiger partial charge in [-0.15, -0.1) is 0 Å². The number of ether oxygens (including phenoxy) is 1. The van der Waals surface area contributed by atoms with Crippen LogP contribution in [0.25, 0.3) is 11.4 Å². The molecule has 0 amide bonds. The fourth-order valence-electron chi connectivity index (χ4n) is 1.39. The van der Waals surface area contributed by atoms with E-state index >= 15 is 0 Å². The summed E-state index contributed by atoms with van der Waals surface area (Å²) in [6.45, 7) is -0.242. The Bertz CT molecular complexity index is 544. The van der Waals surface area contributed by atoms with Crippen LogP contribution in [0.3, 0.4) is 0 Å². The second kappa shape index (κ2) is 5.47. The van der Waals surface area contributed by atoms with Gasteiger partial charge in [-0.3, -0.25) is 0 Å². The first kappa shape index (κ1) is 13.0. The molecule has 1 aromatic carbocycles. The van der Waals surface area contributed by atoms with Gasteiger partial charge in [-0.25, -0.2) is 0 Å². The number of aliphatic hydroxyl groups is 1. The lowest BCUT2D eigenvalue weighted by molar-refractivity contribution is 0.237. The van der Waals surface area contributed by atoms with Crippen molar-refractivity contribution in [3.63, 3.8) is 0 Å². The van der Waals surface area contributed by atoms with E-state index in [0.717, 1.165) is 15.8 Å². The van der Waals surface area contributed by atoms with Crippen LogP contribution in [0.4, 0.5) is 0 Å². The molecule has 0 aliphatic rings. The Morgan fingerprint density at radius 3 is 2.94 bits per heavy atom. The molecule has 0 radical (unpaired) electrons. The van der Waals surface area contributed by atoms with Crippen molar-refractivity contribution in [2.45, 2.75) is 6.04 Å². The van der Waals surface area contributed by atoms with Gasteiger partial charge in [0, 0.05) is 5.56 Å². The number of aromatic nitrogens is 2. The number of nitrogens with two attached hydrogens (primary N) is 1. The SMILES string of the molecule is COc1ccc(-c2noc([C@H](N)CO)n2)cc1Br. The van der Waals surface area contributed by atoms with E-state index in [-0.39, 0.29) is 12.5 Å². The number of rotatable bonds is 4. The second-order valence-corrected chi connectivity index (χ2v) is 4.45. The Kier molecular flexibility index (Phi) is 3.95. The standard InChI is InChI=1S/C11H12BrN3O3/c1-17-9-3-2-6(4-7(9)12)10-14-11(18-15-10)8(13)5-16/h2-4,8,16H,5,13H2,1H3/t8-/m1/s1. The minimum absolute atomic E-state index is 0.208. The summed E-state index contributed by atoms with van der Waals surface area (Å²) in [4.78, 5) is 4.12. The lowest BCUT2D eigenvalue weighted by atomic mass is 10.2. The molecule has 0 saturated heterocycles. The molecule has 2 aromatic rings. The molecule has 0 unspecified atom stereocenters. The second-order valence-electron chi connectivity index (χ2n) is 3.59. The molecular weight excluding hydrogens is 302 g/mol. The minimum atomic E-state index is -0.659. The van der Waals surface area contributed by atoms with Gasteiger partial charge in [-0.2, -0.15) is 4.98 Å². The smallest absolute Gasteiger partial charge is 0.246 e. The summed E-state index contributed by atoms with van der Waals surface area (Å²) in [5.74, 6) is 1.34. The maximum Gasteiger partial charge on any atom is 0.246 e. The average Bonchev–Trinajstić information content (AvgIpc) is 2.87. The van der Waals surface area contributed by atoms with Gasteiger partial charge in [0.25, 0.3) is 0 Å². The molecule has 2 rings (SSSR count). The van der Waals surface area contributed by atoms with Crippen molar-refractivity contribution in [1.82, 2.24) is 10.1 Å². The molecule has 0 fully saturated rings. The van der Waals surface area contributed by atoms with E-state index in [2.05, 4.69) is 26.1 Å². The molecule has 0 spiro atoms. The molecule has 18 heavy (non-hydrogen) atoms. The quantitative estimate of drug-likeness (QED) is 0.888. The highest BCUT2D eigenvalue weighted by atomic mass is 79.9. The zero-order valence-corrected chi connectivity index (χ0v) is 11.2. The van der Waals surface area contributed by atoms with E-state index in [1.165, 1.54) is 0 Å². The maximum absolute atomic E-state index is 8.90. The first-order chi connectivity index (χ1) is 8.65. The highest BCUT2D eigenvalue weighted by Crippen LogP contribution is 2.29. The van der Waals surface area contributed by atoms with Gasteiger partial charge in [0.2, 0.25) is 11.7 Å². The maximum atomic E-state index is 8.90. The fraction of sp³-hybridized carbons (Fsp3) is 0.273. The Balaban J connectivity index is 2.31. The van der Waals surface area contributed by atoms with Gasteiger partial charge < -0.3 is 20.1 Å². The summed E-state index contributed by atoms with van der Waals surface area (Å²) >= 11 is 3.38. The molecule has 1 heterocycles. The van der Waals surface area contributed by atoms with Gasteiger partial charge in [0.15, 0.2) is 0 Å². The summed E-state index contributed by atoms with van der Waals surface area (Å²) in [5, 5.41) is 12.7. The molecule has 3 N–H and O–H groups in total. The van der Waals surface area contributed by atoms with Crippen LogP contribution < -0.4 is 10.5 Å². The third-order valence-corrected chi connectivity index (χ3v) is 2.99. The van der Waals surface area contributed by atoms with E-state index in [0.29, 0.717) is 5.82 Å². The fourth-order valence-corrected chi connectivity index (χ4v) is 1.93. The molecule has 0 aliphatic heterocycles. The number of benzene rings is 1. The van der Waals surface area contributed by atoms with Crippen LogP contribution >= 0.6 is 15.9 Å². The highest BCUT2D eigenvalue weighted by Gasteiger charge is 2.15. The third kappa shape index (κ3) is 2.53. The van der Waals surface area contributed by atoms with E-state index < -0.39 is 6.04 Å². The molecule has 0 saturated carbocycles. The van der Waals surface area contributed by atoms with Gasteiger partial charge in [0.05, 0.1) is 18.2 Å². The van der Waals surface area contributed by atoms with Crippen molar-refractivity contribution in [2.75, 3.05) is 13.7 Å².